The van der Waals surface area contributed by atoms with Gasteiger partial charge in [-0.1, -0.05) is 40.0 Å². The number of aryl methyl sites for hydroxylation is 1. The number of aromatic nitrogens is 5. The maximum atomic E-state index is 12.6. The Hall–Kier alpha value is -4.76. The number of anilines is 4. The monoisotopic (exact) mass is 969 g/mol. The Labute approximate surface area is 356 Å². The van der Waals surface area contributed by atoms with Gasteiger partial charge >= 0.3 is 16.4 Å². The summed E-state index contributed by atoms with van der Waals surface area (Å²) in [6.45, 7) is 0.634. The number of carboxylic acids is 1. The number of carboxylic acid groups (broad SMARTS) is 1. The Bertz CT molecular complexity index is 2800. The number of sulfone groups is 1. The van der Waals surface area contributed by atoms with Crippen LogP contribution in [-0.2, 0) is 48.7 Å². The minimum Gasteiger partial charge on any atom is -0.492 e. The van der Waals surface area contributed by atoms with Crippen LogP contribution in [0.25, 0.3) is 5.69 Å². The van der Waals surface area contributed by atoms with E-state index in [9.17, 15) is 44.8 Å². The number of hydrogen-bond donors (Lipinski definition) is 7. The number of nitrogens with one attached hydrogen (secondary N) is 2. The molecule has 31 heteroatoms. The summed E-state index contributed by atoms with van der Waals surface area (Å²) in [6, 6.07) is 11.3. The second kappa shape index (κ2) is 19.3. The number of aliphatic carboxylic acids is 1. The van der Waals surface area contributed by atoms with Crippen molar-refractivity contribution in [3.63, 3.8) is 0 Å². The average molecular weight is 971 g/mol. The van der Waals surface area contributed by atoms with Gasteiger partial charge in [-0.15, -0.1) is 14.6 Å². The highest BCUT2D eigenvalue weighted by molar-refractivity contribution is 7.99. The molecule has 0 bridgehead atoms. The first-order valence-corrected chi connectivity index (χ1v) is 22.6. The van der Waals surface area contributed by atoms with Crippen molar-refractivity contribution in [3.8, 4) is 11.6 Å². The number of rotatable bonds is 19. The molecule has 0 amide bonds. The molecule has 60 heavy (non-hydrogen) atoms. The fraction of sp³-hybridized carbons (Fsp3) is 0.138. The molecule has 0 aliphatic heterocycles. The van der Waals surface area contributed by atoms with Crippen LogP contribution in [-0.4, -0.2) is 98.6 Å². The third-order valence-corrected chi connectivity index (χ3v) is 12.4. The molecule has 0 saturated heterocycles. The maximum absolute atomic E-state index is 12.6. The molecule has 2 heterocycles. The Balaban J connectivity index is 1.43. The first-order valence-electron chi connectivity index (χ1n) is 15.7. The van der Waals surface area contributed by atoms with E-state index in [0.29, 0.717) is 12.0 Å². The third-order valence-electron chi connectivity index (χ3n) is 7.13. The summed E-state index contributed by atoms with van der Waals surface area (Å²) in [5.74, 6) is -3.21. The van der Waals surface area contributed by atoms with Crippen LogP contribution in [0, 0.1) is 6.92 Å². The van der Waals surface area contributed by atoms with Crippen molar-refractivity contribution in [2.24, 2.45) is 10.2 Å². The van der Waals surface area contributed by atoms with Gasteiger partial charge in [0, 0.05) is 11.4 Å². The molecule has 7 N–H and O–H groups in total. The quantitative estimate of drug-likeness (QED) is 0.0130. The van der Waals surface area contributed by atoms with E-state index < -0.39 is 70.2 Å². The number of hydrogen-bond acceptors (Lipinski definition) is 22. The average Bonchev–Trinajstić information content (AvgIpc) is 3.44. The molecule has 0 aliphatic carbocycles. The summed E-state index contributed by atoms with van der Waals surface area (Å²) in [5, 5.41) is 50.2. The van der Waals surface area contributed by atoms with E-state index in [4.69, 9.17) is 33.0 Å². The maximum Gasteiger partial charge on any atom is 0.397 e. The smallest absolute Gasteiger partial charge is 0.397 e. The number of azo groups is 1. The van der Waals surface area contributed by atoms with Crippen molar-refractivity contribution in [1.82, 2.24) is 24.7 Å². The molecule has 0 atom stereocenters. The lowest BCUT2D eigenvalue weighted by Crippen LogP contribution is -2.15. The van der Waals surface area contributed by atoms with Crippen molar-refractivity contribution in [2.45, 2.75) is 26.8 Å². The molecular formula is C29H25Cl2N9O15S5. The largest absolute Gasteiger partial charge is 0.492 e. The summed E-state index contributed by atoms with van der Waals surface area (Å²) >= 11 is 13.5. The SMILES string of the molecule is Cc1nn(-c2cc(Cl)c(S(=O)(=O)O)cc2Cl)c(O)c1N=Nc1cc(Nc2nc(Nc3ccc(S(=O)(=O)CCOS(=O)(=O)O)cc3)nc(SCC(=O)O)n2)ccc1SOOO. The zero-order valence-corrected chi connectivity index (χ0v) is 35.2. The Morgan fingerprint density at radius 3 is 2.17 bits per heavy atom. The number of nitrogens with zero attached hydrogens (tertiary/aromatic N) is 7. The van der Waals surface area contributed by atoms with Crippen LogP contribution >= 0.6 is 47.0 Å². The zero-order chi connectivity index (χ0) is 44.0. The first kappa shape index (κ1) is 46.3. The van der Waals surface area contributed by atoms with E-state index in [-0.39, 0.29) is 66.0 Å². The molecule has 320 valence electrons. The van der Waals surface area contributed by atoms with Gasteiger partial charge < -0.3 is 20.8 Å². The lowest BCUT2D eigenvalue weighted by atomic mass is 10.3. The normalized spacial score (nSPS) is 12.2. The van der Waals surface area contributed by atoms with Crippen molar-refractivity contribution >= 4 is 118 Å². The Kier molecular flexibility index (Phi) is 14.9. The zero-order valence-electron chi connectivity index (χ0n) is 29.6. The van der Waals surface area contributed by atoms with Crippen LogP contribution in [0.15, 0.2) is 84.7 Å². The van der Waals surface area contributed by atoms with Gasteiger partial charge in [0.2, 0.25) is 17.8 Å². The van der Waals surface area contributed by atoms with Crippen LogP contribution in [0.2, 0.25) is 10.0 Å². The molecule has 24 nitrogen and oxygen atoms in total. The van der Waals surface area contributed by atoms with E-state index in [1.807, 2.05) is 0 Å². The fourth-order valence-electron chi connectivity index (χ4n) is 4.60. The second-order valence-electron chi connectivity index (χ2n) is 11.3. The highest BCUT2D eigenvalue weighted by Gasteiger charge is 2.23. The number of aromatic hydroxyl groups is 1. The standard InChI is InChI=1S/C29H25Cl2N9O15S5/c1-14-25(26(43)40(39-14)21-11-19(31)23(12-18(21)30)59(47,48)49)38-37-20-10-16(4-7-22(20)57-55-54-44)33-28-34-27(35-29(36-28)56-13-24(41)42)32-15-2-5-17(6-3-15)58(45,46)9-8-53-60(50,51)52/h2-7,10-12,43-44H,8-9,13H2,1H3,(H,41,42)(H,47,48,49)(H,50,51,52)(H2,32,33,34,35,36). The Morgan fingerprint density at radius 2 is 1.55 bits per heavy atom. The van der Waals surface area contributed by atoms with Crippen molar-refractivity contribution in [1.29, 1.82) is 0 Å². The number of halogens is 2. The molecule has 0 saturated carbocycles. The van der Waals surface area contributed by atoms with E-state index >= 15 is 0 Å². The summed E-state index contributed by atoms with van der Waals surface area (Å²) in [4.78, 5) is 23.4. The van der Waals surface area contributed by atoms with Gasteiger partial charge in [-0.25, -0.2) is 17.9 Å². The van der Waals surface area contributed by atoms with Crippen LogP contribution in [0.1, 0.15) is 5.69 Å². The number of thioether (sulfide) groups is 1. The molecule has 0 radical (unpaired) electrons. The molecule has 0 spiro atoms. The van der Waals surface area contributed by atoms with E-state index in [1.165, 1.54) is 49.4 Å². The second-order valence-corrected chi connectivity index (χ2v) is 18.4. The molecule has 0 unspecified atom stereocenters. The number of carbonyl (C=O) groups is 1. The van der Waals surface area contributed by atoms with Crippen LogP contribution in [0.5, 0.6) is 5.88 Å². The highest BCUT2D eigenvalue weighted by Crippen LogP contribution is 2.40. The molecule has 5 rings (SSSR count). The lowest BCUT2D eigenvalue weighted by Gasteiger charge is -2.11. The lowest BCUT2D eigenvalue weighted by molar-refractivity contribution is -0.432. The Morgan fingerprint density at radius 1 is 0.900 bits per heavy atom. The van der Waals surface area contributed by atoms with Gasteiger partial charge in [-0.3, -0.25) is 13.9 Å². The molecule has 0 aliphatic rings. The highest BCUT2D eigenvalue weighted by atomic mass is 35.5. The van der Waals surface area contributed by atoms with Gasteiger partial charge in [0.05, 0.1) is 61.4 Å². The molecular weight excluding hydrogens is 946 g/mol. The summed E-state index contributed by atoms with van der Waals surface area (Å²) in [6.07, 6.45) is 0. The predicted octanol–water partition coefficient (Wildman–Crippen LogP) is 5.73. The topological polar surface area (TPSA) is 354 Å². The first-order chi connectivity index (χ1) is 28.1. The van der Waals surface area contributed by atoms with E-state index in [0.717, 1.165) is 28.6 Å². The fourth-order valence-corrected chi connectivity index (χ4v) is 8.39. The van der Waals surface area contributed by atoms with Gasteiger partial charge in [-0.05, 0) is 61.5 Å². The molecule has 5 aromatic rings. The molecule has 3 aromatic carbocycles. The van der Waals surface area contributed by atoms with E-state index in [1.54, 1.807) is 0 Å². The van der Waals surface area contributed by atoms with Crippen molar-refractivity contribution in [3.05, 3.63) is 70.3 Å². The van der Waals surface area contributed by atoms with Crippen LogP contribution in [0.4, 0.5) is 34.6 Å². The van der Waals surface area contributed by atoms with Gasteiger partial charge in [0.1, 0.15) is 10.6 Å². The summed E-state index contributed by atoms with van der Waals surface area (Å²) in [7, 11) is -13.6. The third kappa shape index (κ3) is 12.4. The summed E-state index contributed by atoms with van der Waals surface area (Å²) < 4.78 is 97.6. The minimum atomic E-state index is -4.84. The van der Waals surface area contributed by atoms with Gasteiger partial charge in [-0.2, -0.15) is 41.6 Å². The van der Waals surface area contributed by atoms with Crippen LogP contribution in [0.3, 0.4) is 0 Å². The van der Waals surface area contributed by atoms with Gasteiger partial charge in [0.15, 0.2) is 20.7 Å². The minimum absolute atomic E-state index is 0.0275. The van der Waals surface area contributed by atoms with E-state index in [2.05, 4.69) is 54.5 Å². The predicted molar refractivity (Wildman–Crippen MR) is 212 cm³/mol. The summed E-state index contributed by atoms with van der Waals surface area (Å²) in [5.41, 5.74) is 0.394. The van der Waals surface area contributed by atoms with Crippen molar-refractivity contribution < 1.29 is 68.2 Å². The molecule has 2 aromatic heterocycles. The van der Waals surface area contributed by atoms with Gasteiger partial charge in [0.25, 0.3) is 10.1 Å². The molecule has 0 fully saturated rings. The number of benzene rings is 3. The van der Waals surface area contributed by atoms with Crippen LogP contribution < -0.4 is 10.6 Å². The van der Waals surface area contributed by atoms with Crippen molar-refractivity contribution in [2.75, 3.05) is 28.7 Å².